The molecule has 4 nitrogen and oxygen atoms in total. The van der Waals surface area contributed by atoms with Crippen molar-refractivity contribution >= 4 is 17.6 Å². The molecule has 1 unspecified atom stereocenters. The number of rotatable bonds is 4. The number of carbonyl (C=O) groups excluding carboxylic acids is 1. The number of furan rings is 1. The van der Waals surface area contributed by atoms with E-state index in [1.165, 1.54) is 7.11 Å². The quantitative estimate of drug-likeness (QED) is 0.879. The zero-order valence-electron chi connectivity index (χ0n) is 11.6. The normalized spacial score (nSPS) is 12.2. The maximum Gasteiger partial charge on any atom is 0.373 e. The SMILES string of the molecule is CNC(c1cc(C)cc(Cl)c1)c1ccc(C(=O)OC)o1. The van der Waals surface area contributed by atoms with Gasteiger partial charge in [0, 0.05) is 5.02 Å². The van der Waals surface area contributed by atoms with E-state index in [-0.39, 0.29) is 11.8 Å². The molecule has 1 atom stereocenters. The molecule has 5 heteroatoms. The Balaban J connectivity index is 2.36. The van der Waals surface area contributed by atoms with Crippen molar-refractivity contribution in [2.75, 3.05) is 14.2 Å². The molecular formula is C15H16ClNO3. The van der Waals surface area contributed by atoms with Gasteiger partial charge in [-0.2, -0.15) is 0 Å². The van der Waals surface area contributed by atoms with Crippen molar-refractivity contribution in [1.29, 1.82) is 0 Å². The van der Waals surface area contributed by atoms with Crippen LogP contribution in [0.5, 0.6) is 0 Å². The Morgan fingerprint density at radius 2 is 2.10 bits per heavy atom. The second-order valence-electron chi connectivity index (χ2n) is 4.48. The van der Waals surface area contributed by atoms with Crippen molar-refractivity contribution in [3.63, 3.8) is 0 Å². The van der Waals surface area contributed by atoms with Crippen LogP contribution in [0.2, 0.25) is 5.02 Å². The Hall–Kier alpha value is -1.78. The molecule has 0 bridgehead atoms. The van der Waals surface area contributed by atoms with Crippen LogP contribution >= 0.6 is 11.6 Å². The standard InChI is InChI=1S/C15H16ClNO3/c1-9-6-10(8-11(16)7-9)14(17-2)12-4-5-13(20-12)15(18)19-3/h4-8,14,17H,1-3H3. The number of halogens is 1. The number of methoxy groups -OCH3 is 1. The fourth-order valence-corrected chi connectivity index (χ4v) is 2.42. The zero-order chi connectivity index (χ0) is 14.7. The average Bonchev–Trinajstić information content (AvgIpc) is 2.87. The number of hydrogen-bond acceptors (Lipinski definition) is 4. The van der Waals surface area contributed by atoms with Gasteiger partial charge in [-0.15, -0.1) is 0 Å². The molecule has 0 fully saturated rings. The van der Waals surface area contributed by atoms with Gasteiger partial charge in [-0.1, -0.05) is 17.7 Å². The lowest BCUT2D eigenvalue weighted by Crippen LogP contribution is -2.17. The molecule has 1 aromatic carbocycles. The first-order chi connectivity index (χ1) is 9.55. The number of hydrogen-bond donors (Lipinski definition) is 1. The molecular weight excluding hydrogens is 278 g/mol. The Bertz CT molecular complexity index is 601. The van der Waals surface area contributed by atoms with Gasteiger partial charge in [0.25, 0.3) is 0 Å². The molecule has 0 amide bonds. The molecule has 1 N–H and O–H groups in total. The number of esters is 1. The fourth-order valence-electron chi connectivity index (χ4n) is 2.12. The van der Waals surface area contributed by atoms with E-state index < -0.39 is 5.97 Å². The lowest BCUT2D eigenvalue weighted by Gasteiger charge is -2.15. The molecule has 0 spiro atoms. The molecule has 0 saturated heterocycles. The Morgan fingerprint density at radius 1 is 1.35 bits per heavy atom. The predicted octanol–water partition coefficient (Wildman–Crippen LogP) is 3.34. The van der Waals surface area contributed by atoms with Crippen molar-refractivity contribution in [2.24, 2.45) is 0 Å². The van der Waals surface area contributed by atoms with Crippen LogP contribution in [0, 0.1) is 6.92 Å². The molecule has 1 aromatic heterocycles. The third-order valence-electron chi connectivity index (χ3n) is 2.98. The van der Waals surface area contributed by atoms with E-state index in [9.17, 15) is 4.79 Å². The third-order valence-corrected chi connectivity index (χ3v) is 3.20. The molecule has 0 saturated carbocycles. The van der Waals surface area contributed by atoms with Crippen LogP contribution in [0.25, 0.3) is 0 Å². The van der Waals surface area contributed by atoms with Gasteiger partial charge in [0.1, 0.15) is 5.76 Å². The van der Waals surface area contributed by atoms with E-state index in [1.807, 2.05) is 32.2 Å². The Kier molecular flexibility index (Phi) is 4.47. The summed E-state index contributed by atoms with van der Waals surface area (Å²) < 4.78 is 10.2. The van der Waals surface area contributed by atoms with Crippen LogP contribution in [0.15, 0.2) is 34.7 Å². The van der Waals surface area contributed by atoms with Crippen LogP contribution in [-0.4, -0.2) is 20.1 Å². The second kappa shape index (κ2) is 6.11. The van der Waals surface area contributed by atoms with Crippen LogP contribution in [-0.2, 0) is 4.74 Å². The molecule has 2 rings (SSSR count). The van der Waals surface area contributed by atoms with Gasteiger partial charge < -0.3 is 14.5 Å². The van der Waals surface area contributed by atoms with Crippen molar-refractivity contribution in [3.8, 4) is 0 Å². The van der Waals surface area contributed by atoms with Gasteiger partial charge in [0.2, 0.25) is 5.76 Å². The molecule has 1 heterocycles. The minimum atomic E-state index is -0.492. The monoisotopic (exact) mass is 293 g/mol. The van der Waals surface area contributed by atoms with Crippen LogP contribution < -0.4 is 5.32 Å². The van der Waals surface area contributed by atoms with Crippen molar-refractivity contribution in [1.82, 2.24) is 5.32 Å². The molecule has 0 aliphatic heterocycles. The highest BCUT2D eigenvalue weighted by Crippen LogP contribution is 2.27. The highest BCUT2D eigenvalue weighted by molar-refractivity contribution is 6.30. The highest BCUT2D eigenvalue weighted by atomic mass is 35.5. The summed E-state index contributed by atoms with van der Waals surface area (Å²) in [5.74, 6) is 0.324. The summed E-state index contributed by atoms with van der Waals surface area (Å²) in [6.45, 7) is 1.98. The number of carbonyl (C=O) groups is 1. The predicted molar refractivity (Wildman–Crippen MR) is 77.1 cm³/mol. The van der Waals surface area contributed by atoms with E-state index in [0.717, 1.165) is 11.1 Å². The summed E-state index contributed by atoms with van der Waals surface area (Å²) in [6, 6.07) is 8.96. The summed E-state index contributed by atoms with van der Waals surface area (Å²) in [5.41, 5.74) is 2.04. The first kappa shape index (κ1) is 14.6. The first-order valence-electron chi connectivity index (χ1n) is 6.17. The van der Waals surface area contributed by atoms with E-state index >= 15 is 0 Å². The van der Waals surface area contributed by atoms with Gasteiger partial charge in [0.15, 0.2) is 0 Å². The maximum absolute atomic E-state index is 11.4. The van der Waals surface area contributed by atoms with E-state index in [2.05, 4.69) is 10.1 Å². The molecule has 0 aliphatic rings. The molecule has 0 radical (unpaired) electrons. The highest BCUT2D eigenvalue weighted by Gasteiger charge is 2.19. The maximum atomic E-state index is 11.4. The zero-order valence-corrected chi connectivity index (χ0v) is 12.3. The van der Waals surface area contributed by atoms with E-state index in [0.29, 0.717) is 10.8 Å². The second-order valence-corrected chi connectivity index (χ2v) is 4.91. The van der Waals surface area contributed by atoms with Gasteiger partial charge in [-0.3, -0.25) is 0 Å². The lowest BCUT2D eigenvalue weighted by atomic mass is 10.0. The van der Waals surface area contributed by atoms with Crippen molar-refractivity contribution < 1.29 is 13.9 Å². The number of ether oxygens (including phenoxy) is 1. The summed E-state index contributed by atoms with van der Waals surface area (Å²) >= 11 is 6.08. The molecule has 0 aliphatic carbocycles. The van der Waals surface area contributed by atoms with Gasteiger partial charge >= 0.3 is 5.97 Å². The number of benzene rings is 1. The summed E-state index contributed by atoms with van der Waals surface area (Å²) in [5, 5.41) is 3.82. The van der Waals surface area contributed by atoms with Crippen molar-refractivity contribution in [3.05, 3.63) is 58.0 Å². The number of aryl methyl sites for hydroxylation is 1. The summed E-state index contributed by atoms with van der Waals surface area (Å²) in [4.78, 5) is 11.4. The average molecular weight is 294 g/mol. The smallest absolute Gasteiger partial charge is 0.373 e. The van der Waals surface area contributed by atoms with Gasteiger partial charge in [-0.25, -0.2) is 4.79 Å². The van der Waals surface area contributed by atoms with E-state index in [4.69, 9.17) is 16.0 Å². The van der Waals surface area contributed by atoms with Crippen LogP contribution in [0.4, 0.5) is 0 Å². The lowest BCUT2D eigenvalue weighted by molar-refractivity contribution is 0.0562. The Labute approximate surface area is 122 Å². The minimum Gasteiger partial charge on any atom is -0.463 e. The fraction of sp³-hybridized carbons (Fsp3) is 0.267. The topological polar surface area (TPSA) is 51.5 Å². The summed E-state index contributed by atoms with van der Waals surface area (Å²) in [6.07, 6.45) is 0. The largest absolute Gasteiger partial charge is 0.463 e. The van der Waals surface area contributed by atoms with Crippen LogP contribution in [0.1, 0.15) is 33.5 Å². The minimum absolute atomic E-state index is 0.175. The Morgan fingerprint density at radius 3 is 2.70 bits per heavy atom. The van der Waals surface area contributed by atoms with E-state index in [1.54, 1.807) is 12.1 Å². The molecule has 20 heavy (non-hydrogen) atoms. The van der Waals surface area contributed by atoms with Gasteiger partial charge in [0.05, 0.1) is 13.2 Å². The first-order valence-corrected chi connectivity index (χ1v) is 6.55. The third kappa shape index (κ3) is 3.03. The van der Waals surface area contributed by atoms with Gasteiger partial charge in [-0.05, 0) is 49.4 Å². The molecule has 2 aromatic rings. The van der Waals surface area contributed by atoms with Crippen LogP contribution in [0.3, 0.4) is 0 Å². The molecule has 106 valence electrons. The summed E-state index contributed by atoms with van der Waals surface area (Å²) in [7, 11) is 3.14. The van der Waals surface area contributed by atoms with Crippen molar-refractivity contribution in [2.45, 2.75) is 13.0 Å². The number of nitrogens with one attached hydrogen (secondary N) is 1.